The van der Waals surface area contributed by atoms with Crippen molar-refractivity contribution in [2.45, 2.75) is 12.8 Å². The van der Waals surface area contributed by atoms with E-state index in [9.17, 15) is 4.79 Å². The minimum atomic E-state index is -0.203. The molecule has 4 nitrogen and oxygen atoms in total. The molecule has 2 rings (SSSR count). The highest BCUT2D eigenvalue weighted by Gasteiger charge is 2.18. The Bertz CT molecular complexity index is 537. The molecule has 112 valence electrons. The Labute approximate surface area is 126 Å². The summed E-state index contributed by atoms with van der Waals surface area (Å²) < 4.78 is 0. The molecule has 0 atom stereocenters. The molecule has 0 bridgehead atoms. The summed E-state index contributed by atoms with van der Waals surface area (Å²) in [5.74, 6) is 5.88. The van der Waals surface area contributed by atoms with E-state index in [0.717, 1.165) is 25.9 Å². The summed E-state index contributed by atoms with van der Waals surface area (Å²) in [5, 5.41) is 11.8. The highest BCUT2D eigenvalue weighted by molar-refractivity contribution is 5.96. The summed E-state index contributed by atoms with van der Waals surface area (Å²) in [6, 6.07) is 7.24. The van der Waals surface area contributed by atoms with Crippen LogP contribution in [0.15, 0.2) is 24.3 Å². The quantitative estimate of drug-likeness (QED) is 0.818. The van der Waals surface area contributed by atoms with Crippen molar-refractivity contribution in [2.75, 3.05) is 33.3 Å². The van der Waals surface area contributed by atoms with Gasteiger partial charge in [0.15, 0.2) is 0 Å². The van der Waals surface area contributed by atoms with Crippen molar-refractivity contribution in [3.8, 4) is 11.8 Å². The van der Waals surface area contributed by atoms with Crippen molar-refractivity contribution >= 4 is 5.91 Å². The Hall–Kier alpha value is -1.83. The lowest BCUT2D eigenvalue weighted by molar-refractivity contribution is 0.0939. The van der Waals surface area contributed by atoms with Gasteiger partial charge in [-0.25, -0.2) is 0 Å². The van der Waals surface area contributed by atoms with Gasteiger partial charge in [-0.1, -0.05) is 24.0 Å². The summed E-state index contributed by atoms with van der Waals surface area (Å²) in [6.45, 7) is 2.71. The van der Waals surface area contributed by atoms with E-state index < -0.39 is 0 Å². The number of likely N-dealkylation sites (tertiary alicyclic amines) is 1. The van der Waals surface area contributed by atoms with Gasteiger partial charge in [0.05, 0.1) is 5.56 Å². The van der Waals surface area contributed by atoms with Crippen LogP contribution in [0.25, 0.3) is 0 Å². The number of aliphatic hydroxyl groups is 1. The van der Waals surface area contributed by atoms with Gasteiger partial charge in [0.2, 0.25) is 0 Å². The maximum absolute atomic E-state index is 12.3. The lowest BCUT2D eigenvalue weighted by Crippen LogP contribution is -2.37. The molecule has 21 heavy (non-hydrogen) atoms. The monoisotopic (exact) mass is 286 g/mol. The highest BCUT2D eigenvalue weighted by Crippen LogP contribution is 2.15. The van der Waals surface area contributed by atoms with Crippen LogP contribution in [-0.4, -0.2) is 49.2 Å². The van der Waals surface area contributed by atoms with Crippen LogP contribution >= 0.6 is 0 Å². The van der Waals surface area contributed by atoms with Gasteiger partial charge in [-0.3, -0.25) is 4.79 Å². The fourth-order valence-corrected chi connectivity index (χ4v) is 2.52. The molecule has 0 radical (unpaired) electrons. The number of carbonyl (C=O) groups is 1. The molecule has 1 saturated heterocycles. The molecule has 0 saturated carbocycles. The van der Waals surface area contributed by atoms with Crippen LogP contribution < -0.4 is 5.32 Å². The fourth-order valence-electron chi connectivity index (χ4n) is 2.52. The maximum atomic E-state index is 12.3. The number of rotatable bonds is 3. The molecule has 0 spiro atoms. The normalized spacial score (nSPS) is 16.1. The number of nitrogens with one attached hydrogen (secondary N) is 1. The Morgan fingerprint density at radius 2 is 2.10 bits per heavy atom. The molecule has 1 fully saturated rings. The van der Waals surface area contributed by atoms with E-state index >= 15 is 0 Å². The average molecular weight is 286 g/mol. The van der Waals surface area contributed by atoms with Crippen molar-refractivity contribution < 1.29 is 9.90 Å². The lowest BCUT2D eigenvalue weighted by Gasteiger charge is -2.28. The minimum Gasteiger partial charge on any atom is -0.384 e. The first-order valence-electron chi connectivity index (χ1n) is 7.36. The van der Waals surface area contributed by atoms with Crippen LogP contribution in [0, 0.1) is 17.8 Å². The number of hydrogen-bond donors (Lipinski definition) is 2. The predicted molar refractivity (Wildman–Crippen MR) is 83.0 cm³/mol. The number of benzene rings is 1. The second kappa shape index (κ2) is 7.82. The van der Waals surface area contributed by atoms with E-state index in [4.69, 9.17) is 5.11 Å². The minimum absolute atomic E-state index is 0.0863. The van der Waals surface area contributed by atoms with Gasteiger partial charge in [0.25, 0.3) is 5.91 Å². The van der Waals surface area contributed by atoms with E-state index in [1.807, 2.05) is 12.1 Å². The zero-order valence-corrected chi connectivity index (χ0v) is 12.4. The summed E-state index contributed by atoms with van der Waals surface area (Å²) in [5.41, 5.74) is 1.24. The van der Waals surface area contributed by atoms with Crippen LogP contribution in [0.4, 0.5) is 0 Å². The summed E-state index contributed by atoms with van der Waals surface area (Å²) >= 11 is 0. The third-order valence-electron chi connectivity index (χ3n) is 3.86. The van der Waals surface area contributed by atoms with Gasteiger partial charge < -0.3 is 15.3 Å². The van der Waals surface area contributed by atoms with Crippen molar-refractivity contribution in [1.29, 1.82) is 0 Å². The maximum Gasteiger partial charge on any atom is 0.252 e. The van der Waals surface area contributed by atoms with Crippen molar-refractivity contribution in [3.63, 3.8) is 0 Å². The van der Waals surface area contributed by atoms with Crippen molar-refractivity contribution in [1.82, 2.24) is 10.2 Å². The van der Waals surface area contributed by atoms with Crippen molar-refractivity contribution in [2.24, 2.45) is 5.92 Å². The molecule has 1 aliphatic rings. The molecule has 0 aromatic heterocycles. The van der Waals surface area contributed by atoms with E-state index in [-0.39, 0.29) is 12.5 Å². The predicted octanol–water partition coefficient (Wildman–Crippen LogP) is 1.10. The van der Waals surface area contributed by atoms with Crippen molar-refractivity contribution in [3.05, 3.63) is 35.4 Å². The second-order valence-corrected chi connectivity index (χ2v) is 5.46. The first-order valence-corrected chi connectivity index (χ1v) is 7.36. The summed E-state index contributed by atoms with van der Waals surface area (Å²) in [4.78, 5) is 14.6. The van der Waals surface area contributed by atoms with Crippen LogP contribution in [0.1, 0.15) is 28.8 Å². The summed E-state index contributed by atoms with van der Waals surface area (Å²) in [7, 11) is 2.13. The van der Waals surface area contributed by atoms with Crippen LogP contribution in [0.2, 0.25) is 0 Å². The molecule has 0 unspecified atom stereocenters. The molecule has 1 heterocycles. The first kappa shape index (κ1) is 15.6. The van der Waals surface area contributed by atoms with E-state index in [1.54, 1.807) is 12.1 Å². The molecule has 0 aliphatic carbocycles. The lowest BCUT2D eigenvalue weighted by atomic mass is 9.97. The second-order valence-electron chi connectivity index (χ2n) is 5.46. The third-order valence-corrected chi connectivity index (χ3v) is 3.86. The molecular formula is C17H22N2O2. The Kier molecular flexibility index (Phi) is 5.79. The molecule has 1 aromatic rings. The number of aliphatic hydroxyl groups excluding tert-OH is 1. The molecular weight excluding hydrogens is 264 g/mol. The van der Waals surface area contributed by atoms with E-state index in [1.165, 1.54) is 0 Å². The van der Waals surface area contributed by atoms with Gasteiger partial charge in [0.1, 0.15) is 6.61 Å². The van der Waals surface area contributed by atoms with Crippen LogP contribution in [0.3, 0.4) is 0 Å². The summed E-state index contributed by atoms with van der Waals surface area (Å²) in [6.07, 6.45) is 2.26. The zero-order valence-electron chi connectivity index (χ0n) is 12.4. The van der Waals surface area contributed by atoms with Crippen LogP contribution in [-0.2, 0) is 0 Å². The Morgan fingerprint density at radius 3 is 2.81 bits per heavy atom. The molecule has 1 aliphatic heterocycles. The smallest absolute Gasteiger partial charge is 0.252 e. The molecule has 4 heteroatoms. The standard InChI is InChI=1S/C17H22N2O2/c1-19-10-8-14(9-11-19)13-18-17(21)16-7-3-2-5-15(16)6-4-12-20/h2-3,5,7,14,20H,8-13H2,1H3,(H,18,21). The van der Waals surface area contributed by atoms with Gasteiger partial charge in [-0.15, -0.1) is 0 Å². The van der Waals surface area contributed by atoms with E-state index in [0.29, 0.717) is 23.6 Å². The topological polar surface area (TPSA) is 52.6 Å². The molecule has 2 N–H and O–H groups in total. The fraction of sp³-hybridized carbons (Fsp3) is 0.471. The number of nitrogens with zero attached hydrogens (tertiary/aromatic N) is 1. The average Bonchev–Trinajstić information content (AvgIpc) is 2.52. The highest BCUT2D eigenvalue weighted by atomic mass is 16.2. The SMILES string of the molecule is CN1CCC(CNC(=O)c2ccccc2C#CCO)CC1. The Morgan fingerprint density at radius 1 is 1.38 bits per heavy atom. The third kappa shape index (κ3) is 4.59. The Balaban J connectivity index is 1.94. The molecule has 1 amide bonds. The number of carbonyl (C=O) groups excluding carboxylic acids is 1. The van der Waals surface area contributed by atoms with Gasteiger partial charge in [-0.05, 0) is 51.0 Å². The number of amides is 1. The largest absolute Gasteiger partial charge is 0.384 e. The first-order chi connectivity index (χ1) is 10.2. The zero-order chi connectivity index (χ0) is 15.1. The number of hydrogen-bond acceptors (Lipinski definition) is 3. The van der Waals surface area contributed by atoms with E-state index in [2.05, 4.69) is 29.1 Å². The molecule has 1 aromatic carbocycles. The number of piperidine rings is 1. The van der Waals surface area contributed by atoms with Gasteiger partial charge in [-0.2, -0.15) is 0 Å². The van der Waals surface area contributed by atoms with Gasteiger partial charge >= 0.3 is 0 Å². The van der Waals surface area contributed by atoms with Gasteiger partial charge in [0, 0.05) is 12.1 Å². The van der Waals surface area contributed by atoms with Crippen LogP contribution in [0.5, 0.6) is 0 Å².